The third kappa shape index (κ3) is 9.04. The van der Waals surface area contributed by atoms with E-state index in [1.54, 1.807) is 27.7 Å². The summed E-state index contributed by atoms with van der Waals surface area (Å²) in [6, 6.07) is -0.861. The van der Waals surface area contributed by atoms with Crippen LogP contribution in [0.25, 0.3) is 10.4 Å². The van der Waals surface area contributed by atoms with E-state index in [2.05, 4.69) is 15.3 Å². The molecule has 0 rings (SSSR count). The van der Waals surface area contributed by atoms with E-state index in [0.717, 1.165) is 0 Å². The molecule has 0 heterocycles. The fourth-order valence-electron chi connectivity index (χ4n) is 1.32. The second-order valence-electron chi connectivity index (χ2n) is 5.04. The van der Waals surface area contributed by atoms with Gasteiger partial charge in [0, 0.05) is 11.5 Å². The standard InChI is InChI=1S/C12H22N4O4/c1-5-19-10(17)9(15-16-13)7-6-8-14-11(18)20-12(2,3)4/h9H,5-8H2,1-4H3,(H,14,18). The lowest BCUT2D eigenvalue weighted by molar-refractivity contribution is -0.144. The van der Waals surface area contributed by atoms with Crippen molar-refractivity contribution < 1.29 is 19.1 Å². The first-order valence-corrected chi connectivity index (χ1v) is 6.48. The van der Waals surface area contributed by atoms with Gasteiger partial charge in [0.25, 0.3) is 0 Å². The van der Waals surface area contributed by atoms with E-state index in [1.165, 1.54) is 0 Å². The first-order chi connectivity index (χ1) is 9.30. The molecule has 0 aliphatic carbocycles. The molecule has 0 fully saturated rings. The molecule has 0 aliphatic rings. The van der Waals surface area contributed by atoms with Crippen molar-refractivity contribution in [2.45, 2.75) is 52.2 Å². The van der Waals surface area contributed by atoms with Crippen LogP contribution in [0.15, 0.2) is 5.11 Å². The lowest BCUT2D eigenvalue weighted by Gasteiger charge is -2.19. The number of amides is 1. The second kappa shape index (κ2) is 9.03. The van der Waals surface area contributed by atoms with Crippen LogP contribution in [0, 0.1) is 0 Å². The molecule has 20 heavy (non-hydrogen) atoms. The number of azide groups is 1. The monoisotopic (exact) mass is 286 g/mol. The van der Waals surface area contributed by atoms with Crippen molar-refractivity contribution >= 4 is 12.1 Å². The molecular formula is C12H22N4O4. The lowest BCUT2D eigenvalue weighted by atomic mass is 10.1. The van der Waals surface area contributed by atoms with Crippen LogP contribution in [0.4, 0.5) is 4.79 Å². The van der Waals surface area contributed by atoms with Crippen LogP contribution in [0.1, 0.15) is 40.5 Å². The maximum Gasteiger partial charge on any atom is 0.407 e. The molecule has 0 saturated heterocycles. The van der Waals surface area contributed by atoms with Crippen LogP contribution in [0.5, 0.6) is 0 Å². The van der Waals surface area contributed by atoms with Gasteiger partial charge in [-0.15, -0.1) is 0 Å². The topological polar surface area (TPSA) is 113 Å². The van der Waals surface area contributed by atoms with Gasteiger partial charge < -0.3 is 14.8 Å². The summed E-state index contributed by atoms with van der Waals surface area (Å²) in [5.41, 5.74) is 7.83. The highest BCUT2D eigenvalue weighted by Crippen LogP contribution is 2.07. The zero-order chi connectivity index (χ0) is 15.6. The molecule has 1 N–H and O–H groups in total. The quantitative estimate of drug-likeness (QED) is 0.254. The molecule has 0 aromatic carbocycles. The Morgan fingerprint density at radius 1 is 1.40 bits per heavy atom. The van der Waals surface area contributed by atoms with Gasteiger partial charge in [-0.05, 0) is 46.1 Å². The molecule has 114 valence electrons. The summed E-state index contributed by atoms with van der Waals surface area (Å²) in [5, 5.41) is 5.94. The average molecular weight is 286 g/mol. The van der Waals surface area contributed by atoms with Crippen molar-refractivity contribution in [2.24, 2.45) is 5.11 Å². The van der Waals surface area contributed by atoms with E-state index >= 15 is 0 Å². The summed E-state index contributed by atoms with van der Waals surface area (Å²) in [4.78, 5) is 25.4. The number of alkyl carbamates (subject to hydrolysis) is 1. The summed E-state index contributed by atoms with van der Waals surface area (Å²) < 4.78 is 9.84. The highest BCUT2D eigenvalue weighted by Gasteiger charge is 2.18. The van der Waals surface area contributed by atoms with Crippen molar-refractivity contribution in [3.05, 3.63) is 10.4 Å². The number of carbonyl (C=O) groups excluding carboxylic acids is 2. The first-order valence-electron chi connectivity index (χ1n) is 6.48. The normalized spacial score (nSPS) is 12.0. The van der Waals surface area contributed by atoms with Crippen LogP contribution < -0.4 is 5.32 Å². The number of rotatable bonds is 7. The second-order valence-corrected chi connectivity index (χ2v) is 5.04. The Kier molecular flexibility index (Phi) is 8.15. The van der Waals surface area contributed by atoms with Crippen LogP contribution in [-0.4, -0.2) is 36.9 Å². The molecule has 8 nitrogen and oxygen atoms in total. The smallest absolute Gasteiger partial charge is 0.407 e. The number of hydrogen-bond donors (Lipinski definition) is 1. The number of nitrogens with zero attached hydrogens (tertiary/aromatic N) is 3. The summed E-state index contributed by atoms with van der Waals surface area (Å²) >= 11 is 0. The molecule has 1 amide bonds. The minimum absolute atomic E-state index is 0.229. The Labute approximate surface area is 118 Å². The Balaban J connectivity index is 4.04. The minimum atomic E-state index is -0.861. The fourth-order valence-corrected chi connectivity index (χ4v) is 1.32. The van der Waals surface area contributed by atoms with E-state index in [0.29, 0.717) is 19.4 Å². The highest BCUT2D eigenvalue weighted by molar-refractivity contribution is 5.75. The highest BCUT2D eigenvalue weighted by atomic mass is 16.6. The van der Waals surface area contributed by atoms with Crippen LogP contribution in [0.3, 0.4) is 0 Å². The number of esters is 1. The van der Waals surface area contributed by atoms with Crippen molar-refractivity contribution in [2.75, 3.05) is 13.2 Å². The summed E-state index contributed by atoms with van der Waals surface area (Å²) in [7, 11) is 0. The molecule has 0 aromatic heterocycles. The van der Waals surface area contributed by atoms with E-state index in [9.17, 15) is 9.59 Å². The third-order valence-electron chi connectivity index (χ3n) is 2.07. The van der Waals surface area contributed by atoms with Gasteiger partial charge in [0.2, 0.25) is 0 Å². The molecule has 0 radical (unpaired) electrons. The molecule has 0 bridgehead atoms. The Morgan fingerprint density at radius 2 is 2.05 bits per heavy atom. The van der Waals surface area contributed by atoms with Gasteiger partial charge in [0.05, 0.1) is 6.61 Å². The van der Waals surface area contributed by atoms with Gasteiger partial charge in [-0.3, -0.25) is 4.79 Å². The maximum atomic E-state index is 11.4. The molecule has 0 aliphatic heterocycles. The largest absolute Gasteiger partial charge is 0.466 e. The predicted octanol–water partition coefficient (Wildman–Crippen LogP) is 2.53. The minimum Gasteiger partial charge on any atom is -0.466 e. The fraction of sp³-hybridized carbons (Fsp3) is 0.833. The average Bonchev–Trinajstić information content (AvgIpc) is 2.31. The molecule has 0 aromatic rings. The number of carbonyl (C=O) groups is 2. The number of hydrogen-bond acceptors (Lipinski definition) is 5. The summed E-state index contributed by atoms with van der Waals surface area (Å²) in [6.07, 6.45) is 0.259. The van der Waals surface area contributed by atoms with Gasteiger partial charge in [-0.1, -0.05) is 5.11 Å². The predicted molar refractivity (Wildman–Crippen MR) is 73.0 cm³/mol. The van der Waals surface area contributed by atoms with E-state index in [-0.39, 0.29) is 6.61 Å². The van der Waals surface area contributed by atoms with Crippen LogP contribution in [0.2, 0.25) is 0 Å². The Bertz CT molecular complexity index is 372. The number of ether oxygens (including phenoxy) is 2. The van der Waals surface area contributed by atoms with Crippen LogP contribution in [-0.2, 0) is 14.3 Å². The van der Waals surface area contributed by atoms with Gasteiger partial charge in [0.15, 0.2) is 0 Å². The molecule has 0 spiro atoms. The van der Waals surface area contributed by atoms with Crippen LogP contribution >= 0.6 is 0 Å². The molecule has 0 saturated carbocycles. The van der Waals surface area contributed by atoms with Gasteiger partial charge in [0.1, 0.15) is 11.6 Å². The first kappa shape index (κ1) is 18.0. The summed E-state index contributed by atoms with van der Waals surface area (Å²) in [5.74, 6) is -0.553. The van der Waals surface area contributed by atoms with Crippen molar-refractivity contribution in [1.82, 2.24) is 5.32 Å². The summed E-state index contributed by atoms with van der Waals surface area (Å²) in [6.45, 7) is 7.54. The number of nitrogens with one attached hydrogen (secondary N) is 1. The molecule has 8 heteroatoms. The van der Waals surface area contributed by atoms with E-state index < -0.39 is 23.7 Å². The van der Waals surface area contributed by atoms with E-state index in [1.807, 2.05) is 0 Å². The molecule has 1 unspecified atom stereocenters. The lowest BCUT2D eigenvalue weighted by Crippen LogP contribution is -2.33. The zero-order valence-corrected chi connectivity index (χ0v) is 12.4. The van der Waals surface area contributed by atoms with Gasteiger partial charge in [-0.25, -0.2) is 4.79 Å². The molecular weight excluding hydrogens is 264 g/mol. The molecule has 1 atom stereocenters. The third-order valence-corrected chi connectivity index (χ3v) is 2.07. The zero-order valence-electron chi connectivity index (χ0n) is 12.4. The van der Waals surface area contributed by atoms with E-state index in [4.69, 9.17) is 15.0 Å². The van der Waals surface area contributed by atoms with Crippen molar-refractivity contribution in [3.8, 4) is 0 Å². The van der Waals surface area contributed by atoms with Gasteiger partial charge in [-0.2, -0.15) is 0 Å². The maximum absolute atomic E-state index is 11.4. The SMILES string of the molecule is CCOC(=O)C(CCCNC(=O)OC(C)(C)C)N=[N+]=[N-]. The van der Waals surface area contributed by atoms with Gasteiger partial charge >= 0.3 is 12.1 Å². The Hall–Kier alpha value is -1.95. The Morgan fingerprint density at radius 3 is 2.55 bits per heavy atom. The van der Waals surface area contributed by atoms with Crippen molar-refractivity contribution in [1.29, 1.82) is 0 Å². The van der Waals surface area contributed by atoms with Crippen molar-refractivity contribution in [3.63, 3.8) is 0 Å².